The first-order valence-electron chi connectivity index (χ1n) is 6.93. The van der Waals surface area contributed by atoms with E-state index in [0.29, 0.717) is 0 Å². The molecule has 0 saturated carbocycles. The summed E-state index contributed by atoms with van der Waals surface area (Å²) in [5.41, 5.74) is 5.48. The van der Waals surface area contributed by atoms with E-state index in [-0.39, 0.29) is 0 Å². The summed E-state index contributed by atoms with van der Waals surface area (Å²) in [6.07, 6.45) is 1.82. The van der Waals surface area contributed by atoms with E-state index in [4.69, 9.17) is 0 Å². The Kier molecular flexibility index (Phi) is 3.44. The molecule has 5 heteroatoms. The van der Waals surface area contributed by atoms with Gasteiger partial charge in [-0.25, -0.2) is 4.98 Å². The van der Waals surface area contributed by atoms with Gasteiger partial charge < -0.3 is 4.98 Å². The number of imidazole rings is 1. The summed E-state index contributed by atoms with van der Waals surface area (Å²) in [6.45, 7) is 2.09. The van der Waals surface area contributed by atoms with Crippen LogP contribution in [-0.2, 0) is 0 Å². The third kappa shape index (κ3) is 2.53. The number of aromatic amines is 1. The van der Waals surface area contributed by atoms with Crippen LogP contribution in [0.15, 0.2) is 63.4 Å². The van der Waals surface area contributed by atoms with Gasteiger partial charge in [-0.3, -0.25) is 4.98 Å². The third-order valence-electron chi connectivity index (χ3n) is 3.38. The molecule has 3 heterocycles. The molecule has 0 unspecified atom stereocenters. The molecule has 4 aromatic rings. The summed E-state index contributed by atoms with van der Waals surface area (Å²) >= 11 is 3.37. The smallest absolute Gasteiger partial charge is 0.172 e. The van der Waals surface area contributed by atoms with Gasteiger partial charge in [0.2, 0.25) is 0 Å². The van der Waals surface area contributed by atoms with Gasteiger partial charge in [-0.2, -0.15) is 0 Å². The number of thiophene rings is 1. The zero-order valence-electron chi connectivity index (χ0n) is 11.9. The fraction of sp³-hybridized carbons (Fsp3) is 0.0588. The quantitative estimate of drug-likeness (QED) is 0.567. The van der Waals surface area contributed by atoms with E-state index in [1.54, 1.807) is 23.1 Å². The molecule has 0 amide bonds. The molecule has 0 aliphatic rings. The van der Waals surface area contributed by atoms with Crippen molar-refractivity contribution in [1.29, 1.82) is 0 Å². The lowest BCUT2D eigenvalue weighted by molar-refractivity contribution is 1.08. The molecule has 0 spiro atoms. The zero-order valence-corrected chi connectivity index (χ0v) is 13.5. The standard InChI is InChI=1S/C17H13N3S2/c1-11-5-6-14-15(10-11)20-17(19-14)22-16-12(7-9-21-16)13-4-2-3-8-18-13/h2-10H,1H3,(H,19,20). The number of pyridine rings is 1. The summed E-state index contributed by atoms with van der Waals surface area (Å²) in [6, 6.07) is 14.4. The lowest BCUT2D eigenvalue weighted by atomic mass is 10.2. The molecule has 0 aliphatic heterocycles. The number of hydrogen-bond donors (Lipinski definition) is 1. The van der Waals surface area contributed by atoms with Crippen LogP contribution in [-0.4, -0.2) is 15.0 Å². The first kappa shape index (κ1) is 13.5. The van der Waals surface area contributed by atoms with Crippen molar-refractivity contribution in [2.45, 2.75) is 16.3 Å². The van der Waals surface area contributed by atoms with Gasteiger partial charge in [0.25, 0.3) is 0 Å². The largest absolute Gasteiger partial charge is 0.333 e. The number of nitrogens with zero attached hydrogens (tertiary/aromatic N) is 2. The Hall–Kier alpha value is -2.11. The van der Waals surface area contributed by atoms with Gasteiger partial charge in [-0.05, 0) is 60.0 Å². The number of aromatic nitrogens is 3. The molecule has 0 saturated heterocycles. The van der Waals surface area contributed by atoms with Crippen molar-refractivity contribution in [3.05, 3.63) is 59.6 Å². The van der Waals surface area contributed by atoms with Crippen LogP contribution in [0, 0.1) is 6.92 Å². The molecular weight excluding hydrogens is 310 g/mol. The van der Waals surface area contributed by atoms with E-state index >= 15 is 0 Å². The van der Waals surface area contributed by atoms with Crippen molar-refractivity contribution in [2.24, 2.45) is 0 Å². The third-order valence-corrected chi connectivity index (χ3v) is 5.41. The maximum atomic E-state index is 4.66. The molecule has 0 aliphatic carbocycles. The van der Waals surface area contributed by atoms with E-state index in [0.717, 1.165) is 27.4 Å². The summed E-state index contributed by atoms with van der Waals surface area (Å²) < 4.78 is 1.20. The van der Waals surface area contributed by atoms with Crippen LogP contribution in [0.3, 0.4) is 0 Å². The van der Waals surface area contributed by atoms with Crippen LogP contribution in [0.1, 0.15) is 5.56 Å². The van der Waals surface area contributed by atoms with E-state index in [1.807, 2.05) is 24.4 Å². The van der Waals surface area contributed by atoms with Gasteiger partial charge in [0.15, 0.2) is 5.16 Å². The van der Waals surface area contributed by atoms with Crippen molar-refractivity contribution in [1.82, 2.24) is 15.0 Å². The van der Waals surface area contributed by atoms with Gasteiger partial charge in [0.1, 0.15) is 0 Å². The molecule has 108 valence electrons. The van der Waals surface area contributed by atoms with Gasteiger partial charge in [-0.1, -0.05) is 12.1 Å². The summed E-state index contributed by atoms with van der Waals surface area (Å²) in [5, 5.41) is 3.01. The normalized spacial score (nSPS) is 11.1. The average Bonchev–Trinajstić information content (AvgIpc) is 3.14. The molecule has 1 aromatic carbocycles. The number of fused-ring (bicyclic) bond motifs is 1. The van der Waals surface area contributed by atoms with E-state index in [9.17, 15) is 0 Å². The topological polar surface area (TPSA) is 41.6 Å². The highest BCUT2D eigenvalue weighted by molar-refractivity contribution is 8.01. The lowest BCUT2D eigenvalue weighted by Gasteiger charge is -2.00. The Balaban J connectivity index is 1.70. The van der Waals surface area contributed by atoms with Gasteiger partial charge in [-0.15, -0.1) is 11.3 Å². The number of benzene rings is 1. The summed E-state index contributed by atoms with van der Waals surface area (Å²) in [7, 11) is 0. The van der Waals surface area contributed by atoms with E-state index < -0.39 is 0 Å². The maximum Gasteiger partial charge on any atom is 0.172 e. The van der Waals surface area contributed by atoms with Crippen molar-refractivity contribution < 1.29 is 0 Å². The maximum absolute atomic E-state index is 4.66. The predicted molar refractivity (Wildman–Crippen MR) is 92.5 cm³/mol. The van der Waals surface area contributed by atoms with Crippen molar-refractivity contribution >= 4 is 34.1 Å². The lowest BCUT2D eigenvalue weighted by Crippen LogP contribution is -1.81. The first-order chi connectivity index (χ1) is 10.8. The predicted octanol–water partition coefficient (Wildman–Crippen LogP) is 5.15. The highest BCUT2D eigenvalue weighted by atomic mass is 32.2. The van der Waals surface area contributed by atoms with Gasteiger partial charge in [0.05, 0.1) is 20.9 Å². The molecule has 1 N–H and O–H groups in total. The van der Waals surface area contributed by atoms with Crippen molar-refractivity contribution in [2.75, 3.05) is 0 Å². The minimum absolute atomic E-state index is 0.917. The molecule has 22 heavy (non-hydrogen) atoms. The molecule has 3 nitrogen and oxygen atoms in total. The fourth-order valence-corrected chi connectivity index (χ4v) is 4.31. The number of hydrogen-bond acceptors (Lipinski definition) is 4. The van der Waals surface area contributed by atoms with Crippen LogP contribution >= 0.6 is 23.1 Å². The Bertz CT molecular complexity index is 925. The first-order valence-corrected chi connectivity index (χ1v) is 8.62. The summed E-state index contributed by atoms with van der Waals surface area (Å²) in [5.74, 6) is 0. The summed E-state index contributed by atoms with van der Waals surface area (Å²) in [4.78, 5) is 12.5. The number of aryl methyl sites for hydroxylation is 1. The highest BCUT2D eigenvalue weighted by Gasteiger charge is 2.12. The van der Waals surface area contributed by atoms with Crippen LogP contribution in [0.4, 0.5) is 0 Å². The molecular formula is C17H13N3S2. The average molecular weight is 323 g/mol. The Morgan fingerprint density at radius 1 is 1.14 bits per heavy atom. The molecule has 0 atom stereocenters. The molecule has 3 aromatic heterocycles. The van der Waals surface area contributed by atoms with Gasteiger partial charge in [0, 0.05) is 11.8 Å². The zero-order chi connectivity index (χ0) is 14.9. The second kappa shape index (κ2) is 5.59. The highest BCUT2D eigenvalue weighted by Crippen LogP contribution is 2.38. The van der Waals surface area contributed by atoms with E-state index in [1.165, 1.54) is 9.77 Å². The second-order valence-electron chi connectivity index (χ2n) is 5.00. The molecule has 0 fully saturated rings. The number of nitrogens with one attached hydrogen (secondary N) is 1. The number of H-pyrrole nitrogens is 1. The van der Waals surface area contributed by atoms with Crippen molar-refractivity contribution in [3.63, 3.8) is 0 Å². The van der Waals surface area contributed by atoms with Gasteiger partial charge >= 0.3 is 0 Å². The minimum atomic E-state index is 0.917. The van der Waals surface area contributed by atoms with Crippen LogP contribution < -0.4 is 0 Å². The monoisotopic (exact) mass is 323 g/mol. The Morgan fingerprint density at radius 3 is 2.95 bits per heavy atom. The van der Waals surface area contributed by atoms with Crippen LogP contribution in [0.2, 0.25) is 0 Å². The fourth-order valence-electron chi connectivity index (χ4n) is 2.32. The Labute approximate surface area is 136 Å². The number of rotatable bonds is 3. The molecule has 0 bridgehead atoms. The molecule has 0 radical (unpaired) electrons. The Morgan fingerprint density at radius 2 is 2.09 bits per heavy atom. The molecule has 4 rings (SSSR count). The van der Waals surface area contributed by atoms with E-state index in [2.05, 4.69) is 51.5 Å². The minimum Gasteiger partial charge on any atom is -0.333 e. The second-order valence-corrected chi connectivity index (χ2v) is 7.17. The van der Waals surface area contributed by atoms with Crippen LogP contribution in [0.25, 0.3) is 22.3 Å². The van der Waals surface area contributed by atoms with Crippen molar-refractivity contribution in [3.8, 4) is 11.3 Å². The van der Waals surface area contributed by atoms with Crippen LogP contribution in [0.5, 0.6) is 0 Å². The SMILES string of the molecule is Cc1ccc2nc(Sc3sccc3-c3ccccn3)[nH]c2c1.